The molecule has 0 aromatic heterocycles. The zero-order valence-corrected chi connectivity index (χ0v) is 13.7. The highest BCUT2D eigenvalue weighted by atomic mass is 16.5. The van der Waals surface area contributed by atoms with Crippen LogP contribution in [-0.4, -0.2) is 32.9 Å². The van der Waals surface area contributed by atoms with Crippen LogP contribution in [0.4, 0.5) is 0 Å². The van der Waals surface area contributed by atoms with Gasteiger partial charge in [0.2, 0.25) is 0 Å². The van der Waals surface area contributed by atoms with Crippen LogP contribution in [0.25, 0.3) is 0 Å². The maximum absolute atomic E-state index is 12.3. The molecule has 1 rings (SSSR count). The molecule has 4 heteroatoms. The maximum atomic E-state index is 12.3. The molecule has 0 N–H and O–H groups in total. The Morgan fingerprint density at radius 2 is 1.77 bits per heavy atom. The summed E-state index contributed by atoms with van der Waals surface area (Å²) in [7, 11) is 1.57. The molecule has 0 aliphatic carbocycles. The summed E-state index contributed by atoms with van der Waals surface area (Å²) in [6.45, 7) is 6.98. The second-order valence-electron chi connectivity index (χ2n) is 5.12. The van der Waals surface area contributed by atoms with E-state index in [0.29, 0.717) is 13.2 Å². The Bertz CT molecular complexity index is 508. The van der Waals surface area contributed by atoms with E-state index in [1.165, 1.54) is 0 Å². The van der Waals surface area contributed by atoms with Gasteiger partial charge in [0.15, 0.2) is 6.61 Å². The Hall–Kier alpha value is -1.99. The Balaban J connectivity index is 2.72. The third kappa shape index (κ3) is 5.79. The molecule has 0 aliphatic heterocycles. The monoisotopic (exact) mass is 304 g/mol. The molecule has 0 radical (unpaired) electrons. The number of carbonyl (C=O) groups is 1. The van der Waals surface area contributed by atoms with E-state index >= 15 is 0 Å². The largest absolute Gasteiger partial charge is 0.494 e. The van der Waals surface area contributed by atoms with E-state index < -0.39 is 0 Å². The first-order chi connectivity index (χ1) is 10.6. The van der Waals surface area contributed by atoms with Crippen molar-refractivity contribution in [3.63, 3.8) is 0 Å². The van der Waals surface area contributed by atoms with Crippen LogP contribution < -0.4 is 4.74 Å². The van der Waals surface area contributed by atoms with Gasteiger partial charge in [-0.1, -0.05) is 37.8 Å². The summed E-state index contributed by atoms with van der Waals surface area (Å²) in [5.74, 6) is 5.88. The minimum Gasteiger partial charge on any atom is -0.494 e. The number of esters is 1. The van der Waals surface area contributed by atoms with Gasteiger partial charge in [-0.3, -0.25) is 4.79 Å². The van der Waals surface area contributed by atoms with Crippen LogP contribution in [0.2, 0.25) is 0 Å². The van der Waals surface area contributed by atoms with Gasteiger partial charge in [0, 0.05) is 7.11 Å². The van der Waals surface area contributed by atoms with Gasteiger partial charge < -0.3 is 14.2 Å². The maximum Gasteiger partial charge on any atom is 0.314 e. The van der Waals surface area contributed by atoms with Crippen LogP contribution in [0.15, 0.2) is 24.3 Å². The molecular formula is C18H24O4. The third-order valence-corrected chi connectivity index (χ3v) is 3.10. The van der Waals surface area contributed by atoms with Crippen molar-refractivity contribution in [3.8, 4) is 17.6 Å². The second kappa shape index (κ2) is 9.86. The summed E-state index contributed by atoms with van der Waals surface area (Å²) < 4.78 is 15.5. The molecule has 0 aliphatic rings. The molecular weight excluding hydrogens is 280 g/mol. The fourth-order valence-corrected chi connectivity index (χ4v) is 2.10. The van der Waals surface area contributed by atoms with Crippen LogP contribution in [-0.2, 0) is 14.3 Å². The summed E-state index contributed by atoms with van der Waals surface area (Å²) in [6, 6.07) is 7.57. The number of methoxy groups -OCH3 is 1. The second-order valence-corrected chi connectivity index (χ2v) is 5.12. The molecule has 120 valence electrons. The van der Waals surface area contributed by atoms with E-state index in [0.717, 1.165) is 11.3 Å². The average molecular weight is 304 g/mol. The number of carbonyl (C=O) groups excluding carboxylic acids is 1. The van der Waals surface area contributed by atoms with Crippen molar-refractivity contribution in [1.82, 2.24) is 0 Å². The Labute approximate surface area is 132 Å². The minimum atomic E-state index is -0.306. The molecule has 1 aromatic rings. The van der Waals surface area contributed by atoms with Crippen molar-refractivity contribution in [1.29, 1.82) is 0 Å². The van der Waals surface area contributed by atoms with Gasteiger partial charge in [0.1, 0.15) is 12.4 Å². The van der Waals surface area contributed by atoms with Crippen LogP contribution in [0, 0.1) is 17.8 Å². The summed E-state index contributed by atoms with van der Waals surface area (Å²) >= 11 is 0. The first-order valence-corrected chi connectivity index (χ1v) is 7.44. The predicted molar refractivity (Wildman–Crippen MR) is 85.8 cm³/mol. The smallest absolute Gasteiger partial charge is 0.314 e. The van der Waals surface area contributed by atoms with Crippen molar-refractivity contribution in [3.05, 3.63) is 29.8 Å². The van der Waals surface area contributed by atoms with Gasteiger partial charge in [-0.2, -0.15) is 0 Å². The normalized spacial score (nSPS) is 11.5. The van der Waals surface area contributed by atoms with E-state index in [1.807, 2.05) is 45.0 Å². The van der Waals surface area contributed by atoms with E-state index in [4.69, 9.17) is 14.2 Å². The molecule has 0 spiro atoms. The molecule has 1 aromatic carbocycles. The summed E-state index contributed by atoms with van der Waals surface area (Å²) in [4.78, 5) is 12.3. The number of hydrogen-bond acceptors (Lipinski definition) is 4. The van der Waals surface area contributed by atoms with Gasteiger partial charge in [-0.25, -0.2) is 0 Å². The van der Waals surface area contributed by atoms with Crippen molar-refractivity contribution < 1.29 is 19.0 Å². The third-order valence-electron chi connectivity index (χ3n) is 3.10. The van der Waals surface area contributed by atoms with Crippen molar-refractivity contribution >= 4 is 5.97 Å². The lowest BCUT2D eigenvalue weighted by Crippen LogP contribution is -2.21. The van der Waals surface area contributed by atoms with Gasteiger partial charge in [0.05, 0.1) is 12.5 Å². The van der Waals surface area contributed by atoms with Gasteiger partial charge in [-0.05, 0) is 30.5 Å². The quantitative estimate of drug-likeness (QED) is 0.574. The van der Waals surface area contributed by atoms with Gasteiger partial charge in [-0.15, -0.1) is 0 Å². The minimum absolute atomic E-state index is 0.0858. The Kier molecular flexibility index (Phi) is 8.09. The molecule has 4 nitrogen and oxygen atoms in total. The number of benzene rings is 1. The standard InChI is InChI=1S/C18H24O4/c1-5-21-16-10-8-15(9-11-16)17(14(2)3)18(19)22-13-7-6-12-20-4/h8-11,14,17H,5,12-13H2,1-4H3. The SMILES string of the molecule is CCOc1ccc(C(C(=O)OCC#CCOC)C(C)C)cc1. The topological polar surface area (TPSA) is 44.8 Å². The number of hydrogen-bond donors (Lipinski definition) is 0. The van der Waals surface area contributed by atoms with E-state index in [9.17, 15) is 4.79 Å². The number of ether oxygens (including phenoxy) is 3. The van der Waals surface area contributed by atoms with Crippen LogP contribution in [0.5, 0.6) is 5.75 Å². The van der Waals surface area contributed by atoms with Crippen molar-refractivity contribution in [2.24, 2.45) is 5.92 Å². The van der Waals surface area contributed by atoms with Crippen LogP contribution >= 0.6 is 0 Å². The Morgan fingerprint density at radius 3 is 2.32 bits per heavy atom. The predicted octanol–water partition coefficient (Wildman–Crippen LogP) is 3.02. The lowest BCUT2D eigenvalue weighted by Gasteiger charge is -2.19. The summed E-state index contributed by atoms with van der Waals surface area (Å²) in [5.41, 5.74) is 0.924. The summed E-state index contributed by atoms with van der Waals surface area (Å²) in [5, 5.41) is 0. The highest BCUT2D eigenvalue weighted by Crippen LogP contribution is 2.27. The zero-order chi connectivity index (χ0) is 16.4. The average Bonchev–Trinajstić information content (AvgIpc) is 2.49. The molecule has 0 heterocycles. The zero-order valence-electron chi connectivity index (χ0n) is 13.7. The molecule has 0 fully saturated rings. The molecule has 1 unspecified atom stereocenters. The van der Waals surface area contributed by atoms with Crippen molar-refractivity contribution in [2.75, 3.05) is 26.9 Å². The molecule has 0 saturated carbocycles. The van der Waals surface area contributed by atoms with E-state index in [2.05, 4.69) is 11.8 Å². The molecule has 0 saturated heterocycles. The van der Waals surface area contributed by atoms with Crippen LogP contribution in [0.1, 0.15) is 32.3 Å². The first-order valence-electron chi connectivity index (χ1n) is 7.44. The lowest BCUT2D eigenvalue weighted by molar-refractivity contribution is -0.145. The fourth-order valence-electron chi connectivity index (χ4n) is 2.10. The number of rotatable bonds is 7. The summed E-state index contributed by atoms with van der Waals surface area (Å²) in [6.07, 6.45) is 0. The van der Waals surface area contributed by atoms with Gasteiger partial charge >= 0.3 is 5.97 Å². The lowest BCUT2D eigenvalue weighted by atomic mass is 9.88. The fraction of sp³-hybridized carbons (Fsp3) is 0.500. The molecule has 0 bridgehead atoms. The first kappa shape index (κ1) is 18.1. The highest BCUT2D eigenvalue weighted by Gasteiger charge is 2.25. The van der Waals surface area contributed by atoms with E-state index in [-0.39, 0.29) is 24.4 Å². The molecule has 22 heavy (non-hydrogen) atoms. The van der Waals surface area contributed by atoms with Gasteiger partial charge in [0.25, 0.3) is 0 Å². The molecule has 0 amide bonds. The van der Waals surface area contributed by atoms with Crippen molar-refractivity contribution in [2.45, 2.75) is 26.7 Å². The van der Waals surface area contributed by atoms with Crippen LogP contribution in [0.3, 0.4) is 0 Å². The highest BCUT2D eigenvalue weighted by molar-refractivity contribution is 5.78. The molecule has 1 atom stereocenters. The Morgan fingerprint density at radius 1 is 1.14 bits per heavy atom. The van der Waals surface area contributed by atoms with E-state index in [1.54, 1.807) is 7.11 Å².